The first-order valence-electron chi connectivity index (χ1n) is 5.92. The van der Waals surface area contributed by atoms with Crippen LogP contribution in [-0.4, -0.2) is 8.42 Å². The van der Waals surface area contributed by atoms with Crippen molar-refractivity contribution in [1.29, 1.82) is 0 Å². The summed E-state index contributed by atoms with van der Waals surface area (Å²) in [6.07, 6.45) is 0. The van der Waals surface area contributed by atoms with Crippen LogP contribution in [0.15, 0.2) is 53.4 Å². The summed E-state index contributed by atoms with van der Waals surface area (Å²) in [5.41, 5.74) is 0.773. The lowest BCUT2D eigenvalue weighted by atomic mass is 10.1. The number of benzene rings is 2. The minimum atomic E-state index is -3.76. The third-order valence-corrected chi connectivity index (χ3v) is 4.60. The zero-order chi connectivity index (χ0) is 14.8. The van der Waals surface area contributed by atoms with Gasteiger partial charge in [0.05, 0.1) is 4.90 Å². The van der Waals surface area contributed by atoms with Crippen molar-refractivity contribution < 1.29 is 12.8 Å². The molecule has 2 rings (SSSR count). The fraction of sp³-hybridized carbons (Fsp3) is 0.143. The van der Waals surface area contributed by atoms with Gasteiger partial charge in [0.1, 0.15) is 5.82 Å². The van der Waals surface area contributed by atoms with Gasteiger partial charge in [-0.2, -0.15) is 0 Å². The van der Waals surface area contributed by atoms with E-state index in [0.29, 0.717) is 5.02 Å². The number of nitrogens with one attached hydrogen (secondary N) is 1. The average Bonchev–Trinajstić information content (AvgIpc) is 2.39. The summed E-state index contributed by atoms with van der Waals surface area (Å²) in [7, 11) is -3.76. The van der Waals surface area contributed by atoms with Crippen molar-refractivity contribution in [2.75, 3.05) is 0 Å². The second-order valence-electron chi connectivity index (χ2n) is 4.35. The van der Waals surface area contributed by atoms with Crippen molar-refractivity contribution >= 4 is 21.6 Å². The molecular weight excluding hydrogens is 301 g/mol. The van der Waals surface area contributed by atoms with E-state index in [2.05, 4.69) is 4.72 Å². The number of rotatable bonds is 4. The van der Waals surface area contributed by atoms with Gasteiger partial charge in [0, 0.05) is 11.1 Å². The smallest absolute Gasteiger partial charge is 0.207 e. The van der Waals surface area contributed by atoms with Crippen LogP contribution in [0.4, 0.5) is 4.39 Å². The Morgan fingerprint density at radius 2 is 1.80 bits per heavy atom. The maximum atomic E-state index is 13.1. The number of hydrogen-bond donors (Lipinski definition) is 1. The predicted octanol–water partition coefficient (Wildman–Crippen LogP) is 3.52. The average molecular weight is 314 g/mol. The Bertz CT molecular complexity index is 701. The third-order valence-electron chi connectivity index (χ3n) is 2.81. The van der Waals surface area contributed by atoms with E-state index in [4.69, 9.17) is 11.6 Å². The second kappa shape index (κ2) is 5.91. The number of sulfonamides is 1. The molecule has 1 unspecified atom stereocenters. The lowest BCUT2D eigenvalue weighted by molar-refractivity contribution is 0.564. The fourth-order valence-electron chi connectivity index (χ4n) is 1.75. The van der Waals surface area contributed by atoms with Crippen LogP contribution >= 0.6 is 11.6 Å². The first-order valence-corrected chi connectivity index (χ1v) is 7.78. The zero-order valence-corrected chi connectivity index (χ0v) is 12.2. The van der Waals surface area contributed by atoms with E-state index in [1.807, 2.05) is 0 Å². The topological polar surface area (TPSA) is 46.2 Å². The van der Waals surface area contributed by atoms with Crippen LogP contribution in [0.2, 0.25) is 5.02 Å². The van der Waals surface area contributed by atoms with Crippen molar-refractivity contribution in [2.45, 2.75) is 17.9 Å². The predicted molar refractivity (Wildman–Crippen MR) is 76.6 cm³/mol. The molecule has 0 fully saturated rings. The normalized spacial score (nSPS) is 13.2. The van der Waals surface area contributed by atoms with E-state index in [1.54, 1.807) is 31.2 Å². The molecule has 106 valence electrons. The number of halogens is 2. The van der Waals surface area contributed by atoms with Gasteiger partial charge in [0.2, 0.25) is 10.0 Å². The van der Waals surface area contributed by atoms with Crippen LogP contribution in [0, 0.1) is 5.82 Å². The Morgan fingerprint density at radius 1 is 1.15 bits per heavy atom. The van der Waals surface area contributed by atoms with E-state index in [-0.39, 0.29) is 4.90 Å². The highest BCUT2D eigenvalue weighted by Crippen LogP contribution is 2.19. The van der Waals surface area contributed by atoms with Gasteiger partial charge in [-0.3, -0.25) is 0 Å². The molecule has 20 heavy (non-hydrogen) atoms. The van der Waals surface area contributed by atoms with E-state index in [1.165, 1.54) is 18.2 Å². The molecule has 0 saturated carbocycles. The van der Waals surface area contributed by atoms with Gasteiger partial charge in [-0.15, -0.1) is 0 Å². The van der Waals surface area contributed by atoms with Crippen LogP contribution < -0.4 is 4.72 Å². The Labute approximate surface area is 122 Å². The van der Waals surface area contributed by atoms with Crippen LogP contribution in [-0.2, 0) is 10.0 Å². The molecule has 2 aromatic carbocycles. The van der Waals surface area contributed by atoms with Gasteiger partial charge >= 0.3 is 0 Å². The van der Waals surface area contributed by atoms with Crippen molar-refractivity contribution in [2.24, 2.45) is 0 Å². The third kappa shape index (κ3) is 3.56. The molecule has 0 aliphatic rings. The van der Waals surface area contributed by atoms with Crippen LogP contribution in [0.1, 0.15) is 18.5 Å². The molecule has 0 spiro atoms. The zero-order valence-electron chi connectivity index (χ0n) is 10.7. The van der Waals surface area contributed by atoms with Gasteiger partial charge in [-0.1, -0.05) is 29.8 Å². The summed E-state index contributed by atoms with van der Waals surface area (Å²) in [5.74, 6) is -0.591. The SMILES string of the molecule is CC(NS(=O)(=O)c1cccc(F)c1)c1ccc(Cl)cc1. The molecule has 0 aromatic heterocycles. The molecule has 0 amide bonds. The van der Waals surface area contributed by atoms with Gasteiger partial charge in [0.25, 0.3) is 0 Å². The molecule has 0 heterocycles. The summed E-state index contributed by atoms with van der Waals surface area (Å²) < 4.78 is 39.9. The minimum absolute atomic E-state index is 0.0988. The Kier molecular flexibility index (Phi) is 4.42. The quantitative estimate of drug-likeness (QED) is 0.938. The molecule has 0 bridgehead atoms. The molecule has 0 aliphatic carbocycles. The second-order valence-corrected chi connectivity index (χ2v) is 6.50. The van der Waals surface area contributed by atoms with E-state index in [9.17, 15) is 12.8 Å². The van der Waals surface area contributed by atoms with Gasteiger partial charge in [-0.25, -0.2) is 17.5 Å². The van der Waals surface area contributed by atoms with Crippen molar-refractivity contribution in [3.8, 4) is 0 Å². The maximum absolute atomic E-state index is 13.1. The highest BCUT2D eigenvalue weighted by atomic mass is 35.5. The Morgan fingerprint density at radius 3 is 2.40 bits per heavy atom. The summed E-state index contributed by atoms with van der Waals surface area (Å²) in [4.78, 5) is -0.0988. The Hall–Kier alpha value is -1.43. The largest absolute Gasteiger partial charge is 0.241 e. The minimum Gasteiger partial charge on any atom is -0.207 e. The number of hydrogen-bond acceptors (Lipinski definition) is 2. The van der Waals surface area contributed by atoms with Crippen LogP contribution in [0.5, 0.6) is 0 Å². The van der Waals surface area contributed by atoms with Crippen molar-refractivity contribution in [3.05, 3.63) is 64.9 Å². The molecule has 1 atom stereocenters. The molecule has 2 aromatic rings. The first kappa shape index (κ1) is 15.0. The Balaban J connectivity index is 2.22. The van der Waals surface area contributed by atoms with E-state index >= 15 is 0 Å². The summed E-state index contributed by atoms with van der Waals surface area (Å²) >= 11 is 5.78. The molecule has 0 aliphatic heterocycles. The summed E-state index contributed by atoms with van der Waals surface area (Å²) in [5, 5.41) is 0.578. The first-order chi connectivity index (χ1) is 9.38. The van der Waals surface area contributed by atoms with E-state index in [0.717, 1.165) is 11.6 Å². The highest BCUT2D eigenvalue weighted by molar-refractivity contribution is 7.89. The standard InChI is InChI=1S/C14H13ClFNO2S/c1-10(11-5-7-12(15)8-6-11)17-20(18,19)14-4-2-3-13(16)9-14/h2-10,17H,1H3. The van der Waals surface area contributed by atoms with E-state index < -0.39 is 21.9 Å². The molecule has 6 heteroatoms. The molecule has 0 radical (unpaired) electrons. The highest BCUT2D eigenvalue weighted by Gasteiger charge is 2.18. The molecule has 1 N–H and O–H groups in total. The molecule has 0 saturated heterocycles. The van der Waals surface area contributed by atoms with Gasteiger partial charge in [0.15, 0.2) is 0 Å². The van der Waals surface area contributed by atoms with Crippen LogP contribution in [0.3, 0.4) is 0 Å². The summed E-state index contributed by atoms with van der Waals surface area (Å²) in [6, 6.07) is 11.3. The lowest BCUT2D eigenvalue weighted by Crippen LogP contribution is -2.26. The van der Waals surface area contributed by atoms with Gasteiger partial charge < -0.3 is 0 Å². The summed E-state index contributed by atoms with van der Waals surface area (Å²) in [6.45, 7) is 1.71. The molecular formula is C14H13ClFNO2S. The lowest BCUT2D eigenvalue weighted by Gasteiger charge is -2.14. The monoisotopic (exact) mass is 313 g/mol. The fourth-order valence-corrected chi connectivity index (χ4v) is 3.14. The van der Waals surface area contributed by atoms with Crippen LogP contribution in [0.25, 0.3) is 0 Å². The van der Waals surface area contributed by atoms with Crippen molar-refractivity contribution in [1.82, 2.24) is 4.72 Å². The molecule has 3 nitrogen and oxygen atoms in total. The maximum Gasteiger partial charge on any atom is 0.241 e. The van der Waals surface area contributed by atoms with Gasteiger partial charge in [-0.05, 0) is 42.8 Å². The van der Waals surface area contributed by atoms with Crippen molar-refractivity contribution in [3.63, 3.8) is 0 Å².